The summed E-state index contributed by atoms with van der Waals surface area (Å²) >= 11 is 1.74. The molecular formula is C11H14N2OS. The van der Waals surface area contributed by atoms with E-state index in [1.807, 2.05) is 24.5 Å². The summed E-state index contributed by atoms with van der Waals surface area (Å²) in [4.78, 5) is 4.31. The van der Waals surface area contributed by atoms with Gasteiger partial charge < -0.3 is 5.11 Å². The number of aromatic nitrogens is 2. The van der Waals surface area contributed by atoms with E-state index in [2.05, 4.69) is 15.0 Å². The normalized spacial score (nSPS) is 11.0. The van der Waals surface area contributed by atoms with Gasteiger partial charge in [-0.3, -0.25) is 3.97 Å². The van der Waals surface area contributed by atoms with E-state index in [4.69, 9.17) is 5.11 Å². The summed E-state index contributed by atoms with van der Waals surface area (Å²) in [6.07, 6.45) is 3.77. The highest BCUT2D eigenvalue weighted by molar-refractivity contribution is 7.97. The fraction of sp³-hybridized carbons (Fsp3) is 0.364. The summed E-state index contributed by atoms with van der Waals surface area (Å²) in [5.74, 6) is 1.01. The quantitative estimate of drug-likeness (QED) is 0.789. The second-order valence-corrected chi connectivity index (χ2v) is 4.38. The van der Waals surface area contributed by atoms with Crippen molar-refractivity contribution in [2.75, 3.05) is 12.4 Å². The maximum atomic E-state index is 8.67. The van der Waals surface area contributed by atoms with Crippen LogP contribution < -0.4 is 0 Å². The van der Waals surface area contributed by atoms with E-state index in [0.717, 1.165) is 29.6 Å². The topological polar surface area (TPSA) is 38.0 Å². The zero-order chi connectivity index (χ0) is 10.5. The lowest BCUT2D eigenvalue weighted by molar-refractivity contribution is 0.287. The average Bonchev–Trinajstić information content (AvgIpc) is 2.68. The van der Waals surface area contributed by atoms with Gasteiger partial charge in [0.2, 0.25) is 0 Å². The van der Waals surface area contributed by atoms with Crippen molar-refractivity contribution in [1.82, 2.24) is 8.96 Å². The Morgan fingerprint density at radius 2 is 2.13 bits per heavy atom. The fourth-order valence-corrected chi connectivity index (χ4v) is 2.35. The Hall–Kier alpha value is -1.00. The first-order valence-electron chi connectivity index (χ1n) is 5.08. The number of hydrogen-bond acceptors (Lipinski definition) is 3. The molecule has 0 aliphatic rings. The van der Waals surface area contributed by atoms with Crippen molar-refractivity contribution in [1.29, 1.82) is 0 Å². The van der Waals surface area contributed by atoms with Crippen molar-refractivity contribution >= 4 is 23.0 Å². The SMILES string of the molecule is OCCCCSn1cnc2ccccc21. The molecule has 15 heavy (non-hydrogen) atoms. The van der Waals surface area contributed by atoms with Crippen LogP contribution >= 0.6 is 11.9 Å². The highest BCUT2D eigenvalue weighted by Gasteiger charge is 2.00. The number of unbranched alkanes of at least 4 members (excludes halogenated alkanes) is 1. The first kappa shape index (κ1) is 10.5. The Bertz CT molecular complexity index is 427. The lowest BCUT2D eigenvalue weighted by Crippen LogP contribution is -1.90. The van der Waals surface area contributed by atoms with E-state index in [9.17, 15) is 0 Å². The molecule has 2 aromatic rings. The standard InChI is InChI=1S/C11H14N2OS/c14-7-3-4-8-15-13-9-12-10-5-1-2-6-11(10)13/h1-2,5-6,9,14H,3-4,7-8H2. The minimum atomic E-state index is 0.283. The fourth-order valence-electron chi connectivity index (χ4n) is 1.42. The number of fused-ring (bicyclic) bond motifs is 1. The van der Waals surface area contributed by atoms with Crippen LogP contribution in [-0.2, 0) is 0 Å². The van der Waals surface area contributed by atoms with Crippen LogP contribution in [0.4, 0.5) is 0 Å². The van der Waals surface area contributed by atoms with Crippen molar-refractivity contribution in [2.24, 2.45) is 0 Å². The second-order valence-electron chi connectivity index (χ2n) is 3.32. The van der Waals surface area contributed by atoms with Crippen LogP contribution in [-0.4, -0.2) is 26.4 Å². The largest absolute Gasteiger partial charge is 0.396 e. The molecule has 0 spiro atoms. The lowest BCUT2D eigenvalue weighted by atomic mass is 10.3. The highest BCUT2D eigenvalue weighted by Crippen LogP contribution is 2.18. The molecule has 0 bridgehead atoms. The van der Waals surface area contributed by atoms with E-state index >= 15 is 0 Å². The summed E-state index contributed by atoms with van der Waals surface area (Å²) in [5.41, 5.74) is 2.19. The number of nitrogens with zero attached hydrogens (tertiary/aromatic N) is 2. The first-order valence-corrected chi connectivity index (χ1v) is 6.02. The summed E-state index contributed by atoms with van der Waals surface area (Å²) in [5, 5.41) is 8.67. The molecule has 1 N–H and O–H groups in total. The van der Waals surface area contributed by atoms with E-state index < -0.39 is 0 Å². The van der Waals surface area contributed by atoms with Crippen molar-refractivity contribution in [3.05, 3.63) is 30.6 Å². The molecule has 2 rings (SSSR count). The molecule has 1 aromatic carbocycles. The van der Waals surface area contributed by atoms with E-state index in [1.54, 1.807) is 11.9 Å². The molecule has 0 unspecified atom stereocenters. The Kier molecular flexibility index (Phi) is 3.64. The molecule has 0 saturated carbocycles. The summed E-state index contributed by atoms with van der Waals surface area (Å²) < 4.78 is 2.09. The van der Waals surface area contributed by atoms with Gasteiger partial charge in [-0.1, -0.05) is 12.1 Å². The number of aliphatic hydroxyl groups is 1. The van der Waals surface area contributed by atoms with E-state index in [1.165, 1.54) is 0 Å². The average molecular weight is 222 g/mol. The molecule has 0 amide bonds. The molecule has 1 heterocycles. The minimum absolute atomic E-state index is 0.283. The molecule has 0 fully saturated rings. The van der Waals surface area contributed by atoms with Crippen LogP contribution in [0.1, 0.15) is 12.8 Å². The van der Waals surface area contributed by atoms with Crippen LogP contribution in [0.25, 0.3) is 11.0 Å². The Morgan fingerprint density at radius 1 is 1.27 bits per heavy atom. The summed E-state index contributed by atoms with van der Waals surface area (Å²) in [7, 11) is 0. The van der Waals surface area contributed by atoms with Gasteiger partial charge in [-0.25, -0.2) is 4.98 Å². The minimum Gasteiger partial charge on any atom is -0.396 e. The number of rotatable bonds is 5. The highest BCUT2D eigenvalue weighted by atomic mass is 32.2. The zero-order valence-electron chi connectivity index (χ0n) is 8.47. The number of para-hydroxylation sites is 2. The van der Waals surface area contributed by atoms with Crippen LogP contribution in [0, 0.1) is 0 Å². The van der Waals surface area contributed by atoms with Crippen molar-refractivity contribution in [3.8, 4) is 0 Å². The first-order chi connectivity index (χ1) is 7.42. The molecule has 0 aliphatic carbocycles. The molecule has 0 saturated heterocycles. The van der Waals surface area contributed by atoms with Gasteiger partial charge in [-0.15, -0.1) is 0 Å². The van der Waals surface area contributed by atoms with E-state index in [-0.39, 0.29) is 6.61 Å². The Labute approximate surface area is 93.3 Å². The molecule has 0 aliphatic heterocycles. The molecule has 1 aromatic heterocycles. The lowest BCUT2D eigenvalue weighted by Gasteiger charge is -2.01. The van der Waals surface area contributed by atoms with Gasteiger partial charge in [0, 0.05) is 12.4 Å². The number of hydrogen-bond donors (Lipinski definition) is 1. The maximum absolute atomic E-state index is 8.67. The number of imidazole rings is 1. The van der Waals surface area contributed by atoms with Gasteiger partial charge in [0.05, 0.1) is 11.0 Å². The molecular weight excluding hydrogens is 208 g/mol. The molecule has 3 nitrogen and oxygen atoms in total. The van der Waals surface area contributed by atoms with Crippen LogP contribution in [0.3, 0.4) is 0 Å². The van der Waals surface area contributed by atoms with Crippen molar-refractivity contribution in [3.63, 3.8) is 0 Å². The molecule has 0 atom stereocenters. The predicted octanol–water partition coefficient (Wildman–Crippen LogP) is 2.31. The van der Waals surface area contributed by atoms with Gasteiger partial charge >= 0.3 is 0 Å². The Balaban J connectivity index is 2.02. The van der Waals surface area contributed by atoms with Crippen LogP contribution in [0.5, 0.6) is 0 Å². The maximum Gasteiger partial charge on any atom is 0.106 e. The second kappa shape index (κ2) is 5.19. The van der Waals surface area contributed by atoms with Crippen LogP contribution in [0.2, 0.25) is 0 Å². The zero-order valence-corrected chi connectivity index (χ0v) is 9.28. The van der Waals surface area contributed by atoms with Crippen LogP contribution in [0.15, 0.2) is 30.6 Å². The third kappa shape index (κ3) is 2.52. The molecule has 0 radical (unpaired) electrons. The van der Waals surface area contributed by atoms with Gasteiger partial charge in [0.25, 0.3) is 0 Å². The molecule has 80 valence electrons. The van der Waals surface area contributed by atoms with E-state index in [0.29, 0.717) is 0 Å². The van der Waals surface area contributed by atoms with Crippen molar-refractivity contribution < 1.29 is 5.11 Å². The Morgan fingerprint density at radius 3 is 3.00 bits per heavy atom. The monoisotopic (exact) mass is 222 g/mol. The third-order valence-electron chi connectivity index (χ3n) is 2.20. The van der Waals surface area contributed by atoms with Gasteiger partial charge in [0.1, 0.15) is 6.33 Å². The van der Waals surface area contributed by atoms with Gasteiger partial charge in [0.15, 0.2) is 0 Å². The third-order valence-corrected chi connectivity index (χ3v) is 3.24. The summed E-state index contributed by atoms with van der Waals surface area (Å²) in [6, 6.07) is 8.10. The predicted molar refractivity (Wildman–Crippen MR) is 63.9 cm³/mol. The number of aliphatic hydroxyl groups excluding tert-OH is 1. The van der Waals surface area contributed by atoms with Crippen molar-refractivity contribution in [2.45, 2.75) is 12.8 Å². The number of benzene rings is 1. The summed E-state index contributed by atoms with van der Waals surface area (Å²) in [6.45, 7) is 0.283. The smallest absolute Gasteiger partial charge is 0.106 e. The van der Waals surface area contributed by atoms with Gasteiger partial charge in [-0.2, -0.15) is 0 Å². The van der Waals surface area contributed by atoms with Gasteiger partial charge in [-0.05, 0) is 36.9 Å². The molecule has 4 heteroatoms.